The Hall–Kier alpha value is -3.28. The monoisotopic (exact) mass is 408 g/mol. The standard InChI is InChI=1S/C24H22F2N2O2/c1-3-12-28-14(2)20(18-8-5-9-19(26)21(18)24(28)30)23(29)27-22(15-10-11-15)16-6-4-7-17(25)13-16/h3-9,13,15,22H,1,10-12H2,2H3,(H,27,29). The molecule has 1 fully saturated rings. The number of carbonyl (C=O) groups is 1. The van der Waals surface area contributed by atoms with E-state index in [0.29, 0.717) is 11.3 Å². The summed E-state index contributed by atoms with van der Waals surface area (Å²) < 4.78 is 29.7. The van der Waals surface area contributed by atoms with Gasteiger partial charge in [0.25, 0.3) is 11.5 Å². The molecule has 1 aromatic heterocycles. The molecule has 1 unspecified atom stereocenters. The first-order valence-corrected chi connectivity index (χ1v) is 9.91. The van der Waals surface area contributed by atoms with Crippen LogP contribution < -0.4 is 10.9 Å². The van der Waals surface area contributed by atoms with Gasteiger partial charge in [-0.1, -0.05) is 30.3 Å². The molecule has 30 heavy (non-hydrogen) atoms. The Bertz CT molecular complexity index is 1210. The number of aromatic nitrogens is 1. The van der Waals surface area contributed by atoms with E-state index in [1.807, 2.05) is 0 Å². The van der Waals surface area contributed by atoms with Crippen LogP contribution in [0, 0.1) is 24.5 Å². The molecule has 0 bridgehead atoms. The van der Waals surface area contributed by atoms with Crippen LogP contribution in [0.25, 0.3) is 10.8 Å². The molecule has 0 aliphatic heterocycles. The fraction of sp³-hybridized carbons (Fsp3) is 0.250. The van der Waals surface area contributed by atoms with Crippen molar-refractivity contribution in [1.29, 1.82) is 0 Å². The number of halogens is 2. The van der Waals surface area contributed by atoms with Crippen LogP contribution >= 0.6 is 0 Å². The molecular formula is C24H22F2N2O2. The van der Waals surface area contributed by atoms with Crippen LogP contribution in [0.2, 0.25) is 0 Å². The van der Waals surface area contributed by atoms with Gasteiger partial charge in [0.05, 0.1) is 17.0 Å². The van der Waals surface area contributed by atoms with Crippen LogP contribution in [-0.2, 0) is 6.54 Å². The number of benzene rings is 2. The Morgan fingerprint density at radius 2 is 2.00 bits per heavy atom. The van der Waals surface area contributed by atoms with Crippen molar-refractivity contribution in [3.63, 3.8) is 0 Å². The zero-order valence-electron chi connectivity index (χ0n) is 16.6. The number of hydrogen-bond acceptors (Lipinski definition) is 2. The van der Waals surface area contributed by atoms with E-state index in [9.17, 15) is 18.4 Å². The van der Waals surface area contributed by atoms with Gasteiger partial charge in [0.15, 0.2) is 0 Å². The van der Waals surface area contributed by atoms with Crippen molar-refractivity contribution in [3.05, 3.63) is 93.9 Å². The van der Waals surface area contributed by atoms with Crippen LogP contribution in [-0.4, -0.2) is 10.5 Å². The highest BCUT2D eigenvalue weighted by atomic mass is 19.1. The molecule has 1 aliphatic rings. The van der Waals surface area contributed by atoms with E-state index < -0.39 is 17.3 Å². The molecule has 1 amide bonds. The third-order valence-electron chi connectivity index (χ3n) is 5.64. The second kappa shape index (κ2) is 7.86. The van der Waals surface area contributed by atoms with Gasteiger partial charge in [0.2, 0.25) is 0 Å². The third-order valence-corrected chi connectivity index (χ3v) is 5.64. The first-order chi connectivity index (χ1) is 14.4. The fourth-order valence-corrected chi connectivity index (χ4v) is 4.02. The van der Waals surface area contributed by atoms with Crippen molar-refractivity contribution >= 4 is 16.7 Å². The number of fused-ring (bicyclic) bond motifs is 1. The summed E-state index contributed by atoms with van der Waals surface area (Å²) in [7, 11) is 0. The van der Waals surface area contributed by atoms with E-state index in [0.717, 1.165) is 12.8 Å². The molecule has 1 saturated carbocycles. The molecule has 3 aromatic rings. The Morgan fingerprint density at radius 3 is 2.67 bits per heavy atom. The zero-order valence-corrected chi connectivity index (χ0v) is 16.6. The molecular weight excluding hydrogens is 386 g/mol. The average molecular weight is 408 g/mol. The van der Waals surface area contributed by atoms with Crippen molar-refractivity contribution in [1.82, 2.24) is 9.88 Å². The first-order valence-electron chi connectivity index (χ1n) is 9.91. The van der Waals surface area contributed by atoms with E-state index >= 15 is 0 Å². The quantitative estimate of drug-likeness (QED) is 0.604. The van der Waals surface area contributed by atoms with Crippen molar-refractivity contribution in [2.24, 2.45) is 5.92 Å². The Balaban J connectivity index is 1.84. The molecule has 4 nitrogen and oxygen atoms in total. The van der Waals surface area contributed by atoms with Gasteiger partial charge in [-0.05, 0) is 49.4 Å². The maximum atomic E-state index is 14.5. The average Bonchev–Trinajstić information content (AvgIpc) is 3.54. The van der Waals surface area contributed by atoms with E-state index in [4.69, 9.17) is 0 Å². The van der Waals surface area contributed by atoms with Crippen LogP contribution in [0.4, 0.5) is 8.78 Å². The molecule has 0 saturated heterocycles. The van der Waals surface area contributed by atoms with Gasteiger partial charge in [-0.25, -0.2) is 8.78 Å². The highest BCUT2D eigenvalue weighted by Gasteiger charge is 2.34. The lowest BCUT2D eigenvalue weighted by Gasteiger charge is -2.22. The van der Waals surface area contributed by atoms with Gasteiger partial charge in [-0.15, -0.1) is 6.58 Å². The summed E-state index contributed by atoms with van der Waals surface area (Å²) in [5.41, 5.74) is 0.872. The molecule has 1 atom stereocenters. The minimum Gasteiger partial charge on any atom is -0.345 e. The molecule has 1 aliphatic carbocycles. The highest BCUT2D eigenvalue weighted by molar-refractivity contribution is 6.08. The second-order valence-electron chi connectivity index (χ2n) is 7.67. The molecule has 2 aromatic carbocycles. The first kappa shape index (κ1) is 20.0. The summed E-state index contributed by atoms with van der Waals surface area (Å²) in [6.07, 6.45) is 3.40. The number of carbonyl (C=O) groups excluding carboxylic acids is 1. The summed E-state index contributed by atoms with van der Waals surface area (Å²) in [4.78, 5) is 26.2. The largest absolute Gasteiger partial charge is 0.345 e. The Labute approximate surface area is 172 Å². The number of pyridine rings is 1. The van der Waals surface area contributed by atoms with Crippen molar-refractivity contribution in [3.8, 4) is 0 Å². The molecule has 0 radical (unpaired) electrons. The van der Waals surface area contributed by atoms with Crippen LogP contribution in [0.15, 0.2) is 59.9 Å². The lowest BCUT2D eigenvalue weighted by Crippen LogP contribution is -2.33. The fourth-order valence-electron chi connectivity index (χ4n) is 4.02. The molecule has 154 valence electrons. The number of nitrogens with one attached hydrogen (secondary N) is 1. The van der Waals surface area contributed by atoms with Gasteiger partial charge in [-0.2, -0.15) is 0 Å². The lowest BCUT2D eigenvalue weighted by molar-refractivity contribution is 0.0931. The summed E-state index contributed by atoms with van der Waals surface area (Å²) in [6.45, 7) is 5.48. The Morgan fingerprint density at radius 1 is 1.27 bits per heavy atom. The topological polar surface area (TPSA) is 51.1 Å². The van der Waals surface area contributed by atoms with Gasteiger partial charge in [0.1, 0.15) is 11.6 Å². The maximum Gasteiger partial charge on any atom is 0.261 e. The molecule has 1 heterocycles. The smallest absolute Gasteiger partial charge is 0.261 e. The third kappa shape index (κ3) is 3.54. The van der Waals surface area contributed by atoms with Crippen LogP contribution in [0.5, 0.6) is 0 Å². The maximum absolute atomic E-state index is 14.5. The minimum atomic E-state index is -0.673. The second-order valence-corrected chi connectivity index (χ2v) is 7.67. The Kier molecular flexibility index (Phi) is 5.24. The minimum absolute atomic E-state index is 0.121. The predicted octanol–water partition coefficient (Wildman–Crippen LogP) is 4.66. The van der Waals surface area contributed by atoms with E-state index in [2.05, 4.69) is 11.9 Å². The van der Waals surface area contributed by atoms with Gasteiger partial charge in [-0.3, -0.25) is 9.59 Å². The van der Waals surface area contributed by atoms with E-state index in [1.165, 1.54) is 34.9 Å². The summed E-state index contributed by atoms with van der Waals surface area (Å²) in [5.74, 6) is -1.23. The zero-order chi connectivity index (χ0) is 21.4. The van der Waals surface area contributed by atoms with Crippen molar-refractivity contribution < 1.29 is 13.6 Å². The normalized spacial score (nSPS) is 14.5. The number of nitrogens with zero attached hydrogens (tertiary/aromatic N) is 1. The number of hydrogen-bond donors (Lipinski definition) is 1. The number of rotatable bonds is 6. The highest BCUT2D eigenvalue weighted by Crippen LogP contribution is 2.41. The molecule has 0 spiro atoms. The van der Waals surface area contributed by atoms with Crippen molar-refractivity contribution in [2.75, 3.05) is 0 Å². The van der Waals surface area contributed by atoms with Gasteiger partial charge in [0, 0.05) is 17.6 Å². The van der Waals surface area contributed by atoms with Gasteiger partial charge >= 0.3 is 0 Å². The molecule has 1 N–H and O–H groups in total. The molecule has 4 rings (SSSR count). The summed E-state index contributed by atoms with van der Waals surface area (Å²) in [5, 5.41) is 3.16. The number of amides is 1. The van der Waals surface area contributed by atoms with E-state index in [1.54, 1.807) is 25.1 Å². The van der Waals surface area contributed by atoms with Crippen LogP contribution in [0.1, 0.15) is 40.5 Å². The van der Waals surface area contributed by atoms with Crippen LogP contribution in [0.3, 0.4) is 0 Å². The lowest BCUT2D eigenvalue weighted by atomic mass is 9.99. The van der Waals surface area contributed by atoms with Gasteiger partial charge < -0.3 is 9.88 Å². The van der Waals surface area contributed by atoms with E-state index in [-0.39, 0.29) is 40.7 Å². The molecule has 6 heteroatoms. The summed E-state index contributed by atoms with van der Waals surface area (Å²) >= 11 is 0. The summed E-state index contributed by atoms with van der Waals surface area (Å²) in [6, 6.07) is 10.1. The number of allylic oxidation sites excluding steroid dienone is 1. The predicted molar refractivity (Wildman–Crippen MR) is 112 cm³/mol. The SMILES string of the molecule is C=CCn1c(C)c(C(=O)NC(c2cccc(F)c2)C2CC2)c2cccc(F)c2c1=O. The van der Waals surface area contributed by atoms with Crippen molar-refractivity contribution in [2.45, 2.75) is 32.4 Å².